The van der Waals surface area contributed by atoms with Gasteiger partial charge in [-0.15, -0.1) is 0 Å². The third kappa shape index (κ3) is 3.08. The predicted molar refractivity (Wildman–Crippen MR) is 61.4 cm³/mol. The van der Waals surface area contributed by atoms with Crippen LogP contribution >= 0.6 is 0 Å². The van der Waals surface area contributed by atoms with E-state index in [1.165, 1.54) is 26.4 Å². The molecule has 0 radical (unpaired) electrons. The van der Waals surface area contributed by atoms with Crippen molar-refractivity contribution in [2.24, 2.45) is 17.3 Å². The number of allylic oxidation sites excluding steroid dienone is 1. The van der Waals surface area contributed by atoms with Crippen molar-refractivity contribution in [3.05, 3.63) is 12.2 Å². The topological polar surface area (TPSA) is 26.3 Å². The first-order chi connectivity index (χ1) is 6.97. The molecule has 0 saturated heterocycles. The van der Waals surface area contributed by atoms with Crippen molar-refractivity contribution in [1.82, 2.24) is 0 Å². The van der Waals surface area contributed by atoms with Gasteiger partial charge >= 0.3 is 5.97 Å². The van der Waals surface area contributed by atoms with Crippen LogP contribution in [0.3, 0.4) is 0 Å². The fourth-order valence-corrected chi connectivity index (χ4v) is 2.70. The van der Waals surface area contributed by atoms with Crippen LogP contribution in [0.2, 0.25) is 0 Å². The number of methoxy groups -OCH3 is 1. The number of hydrogen-bond donors (Lipinski definition) is 0. The van der Waals surface area contributed by atoms with Crippen LogP contribution in [0.25, 0.3) is 0 Å². The normalized spacial score (nSPS) is 30.4. The van der Waals surface area contributed by atoms with Crippen LogP contribution in [0.1, 0.15) is 40.0 Å². The van der Waals surface area contributed by atoms with Gasteiger partial charge in [0, 0.05) is 6.08 Å². The molecule has 1 rings (SSSR count). The molecule has 0 amide bonds. The van der Waals surface area contributed by atoms with E-state index in [0.717, 1.165) is 0 Å². The summed E-state index contributed by atoms with van der Waals surface area (Å²) in [6.45, 7) is 6.84. The molecule has 1 saturated carbocycles. The Morgan fingerprint density at radius 3 is 2.67 bits per heavy atom. The van der Waals surface area contributed by atoms with Crippen LogP contribution in [-0.2, 0) is 9.53 Å². The Morgan fingerprint density at radius 2 is 2.13 bits per heavy atom. The van der Waals surface area contributed by atoms with Crippen LogP contribution < -0.4 is 0 Å². The lowest BCUT2D eigenvalue weighted by Crippen LogP contribution is -2.32. The van der Waals surface area contributed by atoms with Crippen LogP contribution in [-0.4, -0.2) is 13.1 Å². The molecule has 2 atom stereocenters. The Labute approximate surface area is 92.7 Å². The maximum Gasteiger partial charge on any atom is 0.330 e. The maximum atomic E-state index is 11.1. The summed E-state index contributed by atoms with van der Waals surface area (Å²) in [4.78, 5) is 11.1. The predicted octanol–water partition coefficient (Wildman–Crippen LogP) is 3.18. The molecule has 0 aromatic rings. The lowest BCUT2D eigenvalue weighted by molar-refractivity contribution is -0.134. The first-order valence-corrected chi connectivity index (χ1v) is 5.73. The lowest BCUT2D eigenvalue weighted by Gasteiger charge is -2.41. The monoisotopic (exact) mass is 210 g/mol. The molecule has 1 aliphatic rings. The number of esters is 1. The largest absolute Gasteiger partial charge is 0.466 e. The van der Waals surface area contributed by atoms with E-state index < -0.39 is 0 Å². The maximum absolute atomic E-state index is 11.1. The molecule has 0 aromatic carbocycles. The standard InChI is InChI=1S/C13H22O2/c1-10-6-5-9-13(2,3)11(10)7-8-12(14)15-4/h7-8,10-11H,5-6,9H2,1-4H3. The molecule has 0 heterocycles. The second-order valence-corrected chi connectivity index (χ2v) is 5.27. The van der Waals surface area contributed by atoms with Crippen LogP contribution in [0, 0.1) is 17.3 Å². The minimum atomic E-state index is -0.247. The molecule has 0 aliphatic heterocycles. The van der Waals surface area contributed by atoms with Crippen LogP contribution in [0.5, 0.6) is 0 Å². The Morgan fingerprint density at radius 1 is 1.47 bits per heavy atom. The van der Waals surface area contributed by atoms with Crippen LogP contribution in [0.15, 0.2) is 12.2 Å². The lowest BCUT2D eigenvalue weighted by atomic mass is 9.64. The van der Waals surface area contributed by atoms with E-state index in [1.54, 1.807) is 6.08 Å². The minimum Gasteiger partial charge on any atom is -0.466 e. The molecule has 86 valence electrons. The molecular weight excluding hydrogens is 188 g/mol. The van der Waals surface area contributed by atoms with Crippen molar-refractivity contribution in [2.75, 3.05) is 7.11 Å². The van der Waals surface area contributed by atoms with Gasteiger partial charge in [-0.05, 0) is 23.7 Å². The second-order valence-electron chi connectivity index (χ2n) is 5.27. The Bertz CT molecular complexity index is 253. The highest BCUT2D eigenvalue weighted by Gasteiger charge is 2.34. The van der Waals surface area contributed by atoms with Gasteiger partial charge in [-0.2, -0.15) is 0 Å². The third-order valence-corrected chi connectivity index (χ3v) is 3.64. The van der Waals surface area contributed by atoms with Crippen molar-refractivity contribution in [3.63, 3.8) is 0 Å². The fraction of sp³-hybridized carbons (Fsp3) is 0.769. The second kappa shape index (κ2) is 4.82. The van der Waals surface area contributed by atoms with E-state index in [4.69, 9.17) is 0 Å². The quantitative estimate of drug-likeness (QED) is 0.517. The van der Waals surface area contributed by atoms with Crippen molar-refractivity contribution in [2.45, 2.75) is 40.0 Å². The zero-order valence-electron chi connectivity index (χ0n) is 10.2. The molecular formula is C13H22O2. The van der Waals surface area contributed by atoms with Gasteiger partial charge in [0.2, 0.25) is 0 Å². The molecule has 0 N–H and O–H groups in total. The number of ether oxygens (including phenoxy) is 1. The fourth-order valence-electron chi connectivity index (χ4n) is 2.70. The van der Waals surface area contributed by atoms with E-state index >= 15 is 0 Å². The SMILES string of the molecule is COC(=O)C=CC1C(C)CCCC1(C)C. The van der Waals surface area contributed by atoms with E-state index in [0.29, 0.717) is 17.3 Å². The molecule has 2 unspecified atom stereocenters. The van der Waals surface area contributed by atoms with E-state index in [2.05, 4.69) is 25.5 Å². The summed E-state index contributed by atoms with van der Waals surface area (Å²) in [6.07, 6.45) is 7.42. The molecule has 2 nitrogen and oxygen atoms in total. The van der Waals surface area contributed by atoms with Gasteiger partial charge in [0.05, 0.1) is 7.11 Å². The third-order valence-electron chi connectivity index (χ3n) is 3.64. The summed E-state index contributed by atoms with van der Waals surface area (Å²) in [5.41, 5.74) is 0.308. The first kappa shape index (κ1) is 12.3. The summed E-state index contributed by atoms with van der Waals surface area (Å²) in [7, 11) is 1.42. The van der Waals surface area contributed by atoms with Crippen molar-refractivity contribution in [1.29, 1.82) is 0 Å². The summed E-state index contributed by atoms with van der Waals surface area (Å²) in [5.74, 6) is 0.906. The van der Waals surface area contributed by atoms with Crippen molar-refractivity contribution >= 4 is 5.97 Å². The molecule has 15 heavy (non-hydrogen) atoms. The summed E-state index contributed by atoms with van der Waals surface area (Å²) >= 11 is 0. The highest BCUT2D eigenvalue weighted by atomic mass is 16.5. The average Bonchev–Trinajstić information content (AvgIpc) is 2.15. The smallest absolute Gasteiger partial charge is 0.330 e. The molecule has 1 fully saturated rings. The minimum absolute atomic E-state index is 0.247. The van der Waals surface area contributed by atoms with E-state index in [1.807, 2.05) is 6.08 Å². The highest BCUT2D eigenvalue weighted by Crippen LogP contribution is 2.44. The number of rotatable bonds is 2. The average molecular weight is 210 g/mol. The molecule has 0 aromatic heterocycles. The zero-order valence-corrected chi connectivity index (χ0v) is 10.2. The van der Waals surface area contributed by atoms with Crippen molar-refractivity contribution < 1.29 is 9.53 Å². The highest BCUT2D eigenvalue weighted by molar-refractivity contribution is 5.81. The Balaban J connectivity index is 2.71. The number of carbonyl (C=O) groups excluding carboxylic acids is 1. The van der Waals surface area contributed by atoms with Gasteiger partial charge in [0.15, 0.2) is 0 Å². The molecule has 1 aliphatic carbocycles. The summed E-state index contributed by atoms with van der Waals surface area (Å²) in [5, 5.41) is 0. The van der Waals surface area contributed by atoms with Gasteiger partial charge in [-0.3, -0.25) is 0 Å². The first-order valence-electron chi connectivity index (χ1n) is 5.73. The van der Waals surface area contributed by atoms with Crippen molar-refractivity contribution in [3.8, 4) is 0 Å². The molecule has 2 heteroatoms. The summed E-state index contributed by atoms with van der Waals surface area (Å²) in [6, 6.07) is 0. The van der Waals surface area contributed by atoms with Gasteiger partial charge in [0.25, 0.3) is 0 Å². The van der Waals surface area contributed by atoms with Gasteiger partial charge in [0.1, 0.15) is 0 Å². The number of carbonyl (C=O) groups is 1. The molecule has 0 bridgehead atoms. The Hall–Kier alpha value is -0.790. The number of hydrogen-bond acceptors (Lipinski definition) is 2. The Kier molecular flexibility index (Phi) is 3.95. The van der Waals surface area contributed by atoms with E-state index in [9.17, 15) is 4.79 Å². The molecule has 0 spiro atoms. The van der Waals surface area contributed by atoms with E-state index in [-0.39, 0.29) is 5.97 Å². The summed E-state index contributed by atoms with van der Waals surface area (Å²) < 4.78 is 4.62. The van der Waals surface area contributed by atoms with Gasteiger partial charge in [-0.25, -0.2) is 4.79 Å². The van der Waals surface area contributed by atoms with Gasteiger partial charge < -0.3 is 4.74 Å². The zero-order chi connectivity index (χ0) is 11.5. The van der Waals surface area contributed by atoms with Crippen LogP contribution in [0.4, 0.5) is 0 Å². The van der Waals surface area contributed by atoms with Gasteiger partial charge in [-0.1, -0.05) is 39.7 Å².